The first kappa shape index (κ1) is 26.0. The summed E-state index contributed by atoms with van der Waals surface area (Å²) in [6.45, 7) is -0.849. The summed E-state index contributed by atoms with van der Waals surface area (Å²) < 4.78 is 51.2. The van der Waals surface area contributed by atoms with Gasteiger partial charge >= 0.3 is 29.2 Å². The zero-order chi connectivity index (χ0) is 21.3. The SMILES string of the molecule is F.Nc1ccn([C@H]2C[C@H](O)[C@@H](COP(=O)(O)OP(=O)(O)OP(=O)(O)O)O2)c(=O)n1. The third-order valence-electron chi connectivity index (χ3n) is 3.18. The van der Waals surface area contributed by atoms with Crippen LogP contribution in [0.1, 0.15) is 12.6 Å². The summed E-state index contributed by atoms with van der Waals surface area (Å²) in [6, 6.07) is 1.30. The lowest BCUT2D eigenvalue weighted by Gasteiger charge is -2.19. The van der Waals surface area contributed by atoms with Crippen LogP contribution in [-0.4, -0.2) is 53.0 Å². The number of aliphatic hydroxyl groups is 1. The van der Waals surface area contributed by atoms with E-state index in [9.17, 15) is 28.5 Å². The van der Waals surface area contributed by atoms with Crippen molar-refractivity contribution in [2.45, 2.75) is 24.9 Å². The van der Waals surface area contributed by atoms with E-state index in [0.29, 0.717) is 0 Å². The van der Waals surface area contributed by atoms with E-state index in [1.807, 2.05) is 0 Å². The van der Waals surface area contributed by atoms with Crippen LogP contribution in [0, 0.1) is 0 Å². The van der Waals surface area contributed by atoms with Gasteiger partial charge in [-0.1, -0.05) is 0 Å². The number of phosphoric ester groups is 1. The summed E-state index contributed by atoms with van der Waals surface area (Å²) in [5, 5.41) is 9.94. The molecule has 16 nitrogen and oxygen atoms in total. The number of phosphoric acid groups is 3. The van der Waals surface area contributed by atoms with E-state index in [0.717, 1.165) is 4.57 Å². The highest BCUT2D eigenvalue weighted by atomic mass is 31.3. The van der Waals surface area contributed by atoms with Crippen LogP contribution in [-0.2, 0) is 31.6 Å². The lowest BCUT2D eigenvalue weighted by atomic mass is 10.2. The fourth-order valence-corrected chi connectivity index (χ4v) is 5.18. The van der Waals surface area contributed by atoms with E-state index in [4.69, 9.17) is 25.2 Å². The Balaban J connectivity index is 0.00000420. The molecule has 5 atom stereocenters. The first-order valence-corrected chi connectivity index (χ1v) is 11.7. The van der Waals surface area contributed by atoms with Crippen LogP contribution in [0.4, 0.5) is 10.5 Å². The number of aliphatic hydroxyl groups excluding tert-OH is 1. The van der Waals surface area contributed by atoms with Gasteiger partial charge in [0.1, 0.15) is 18.1 Å². The van der Waals surface area contributed by atoms with E-state index in [2.05, 4.69) is 18.1 Å². The molecule has 1 saturated heterocycles. The second-order valence-electron chi connectivity index (χ2n) is 5.36. The summed E-state index contributed by atoms with van der Waals surface area (Å²) in [6.07, 6.45) is -2.42. The molecule has 168 valence electrons. The molecule has 29 heavy (non-hydrogen) atoms. The number of nitrogen functional groups attached to an aromatic ring is 1. The number of nitrogens with two attached hydrogens (primary N) is 1. The second-order valence-corrected chi connectivity index (χ2v) is 9.78. The fourth-order valence-electron chi connectivity index (χ4n) is 2.15. The zero-order valence-electron chi connectivity index (χ0n) is 14.0. The number of nitrogens with zero attached hydrogens (tertiary/aromatic N) is 2. The van der Waals surface area contributed by atoms with Gasteiger partial charge in [-0.15, -0.1) is 0 Å². The summed E-state index contributed by atoms with van der Waals surface area (Å²) in [7, 11) is -16.5. The first-order valence-electron chi connectivity index (χ1n) is 7.14. The number of hydrogen-bond donors (Lipinski definition) is 6. The van der Waals surface area contributed by atoms with Crippen LogP contribution >= 0.6 is 23.5 Å². The number of halogens is 1. The van der Waals surface area contributed by atoms with Crippen LogP contribution in [0.15, 0.2) is 17.1 Å². The first-order chi connectivity index (χ1) is 12.7. The topological polar surface area (TPSA) is 250 Å². The molecule has 2 rings (SSSR count). The molecule has 7 N–H and O–H groups in total. The predicted molar refractivity (Wildman–Crippen MR) is 89.8 cm³/mol. The van der Waals surface area contributed by atoms with Crippen LogP contribution in [0.2, 0.25) is 0 Å². The van der Waals surface area contributed by atoms with Gasteiger partial charge in [0.15, 0.2) is 0 Å². The van der Waals surface area contributed by atoms with Gasteiger partial charge in [0.2, 0.25) is 0 Å². The molecule has 0 aliphatic carbocycles. The Hall–Kier alpha value is -1.06. The minimum Gasteiger partial charge on any atom is -0.390 e. The molecule has 1 aromatic rings. The predicted octanol–water partition coefficient (Wildman–Crippen LogP) is -1.03. The average Bonchev–Trinajstić information content (AvgIpc) is 2.82. The van der Waals surface area contributed by atoms with E-state index in [1.165, 1.54) is 12.3 Å². The van der Waals surface area contributed by atoms with E-state index < -0.39 is 54.2 Å². The zero-order valence-corrected chi connectivity index (χ0v) is 16.7. The summed E-state index contributed by atoms with van der Waals surface area (Å²) in [5.74, 6) is -0.0380. The van der Waals surface area contributed by atoms with Crippen LogP contribution in [0.3, 0.4) is 0 Å². The maximum Gasteiger partial charge on any atom is 0.490 e. The third-order valence-corrected chi connectivity index (χ3v) is 6.99. The largest absolute Gasteiger partial charge is 0.490 e. The van der Waals surface area contributed by atoms with E-state index in [1.54, 1.807) is 0 Å². The average molecular weight is 487 g/mol. The molecule has 0 bridgehead atoms. The lowest BCUT2D eigenvalue weighted by Crippen LogP contribution is -2.28. The number of hydrogen-bond acceptors (Lipinski definition) is 11. The quantitative estimate of drug-likeness (QED) is 0.240. The summed E-state index contributed by atoms with van der Waals surface area (Å²) >= 11 is 0. The molecule has 0 amide bonds. The summed E-state index contributed by atoms with van der Waals surface area (Å²) in [4.78, 5) is 50.5. The molecule has 1 aliphatic rings. The summed E-state index contributed by atoms with van der Waals surface area (Å²) in [5.41, 5.74) is 4.58. The molecule has 0 saturated carbocycles. The fraction of sp³-hybridized carbons (Fsp3) is 0.556. The Kier molecular flexibility index (Phi) is 8.41. The number of ether oxygens (including phenoxy) is 1. The highest BCUT2D eigenvalue weighted by Gasteiger charge is 2.42. The van der Waals surface area contributed by atoms with Crippen molar-refractivity contribution in [3.8, 4) is 0 Å². The molecule has 1 aromatic heterocycles. The number of anilines is 1. The number of aromatic nitrogens is 2. The maximum atomic E-state index is 11.8. The maximum absolute atomic E-state index is 11.8. The molecular formula is C9H17FN3O13P3. The highest BCUT2D eigenvalue weighted by molar-refractivity contribution is 7.66. The van der Waals surface area contributed by atoms with Gasteiger partial charge in [-0.3, -0.25) is 13.8 Å². The van der Waals surface area contributed by atoms with Gasteiger partial charge in [0, 0.05) is 12.6 Å². The van der Waals surface area contributed by atoms with E-state index >= 15 is 0 Å². The lowest BCUT2D eigenvalue weighted by molar-refractivity contribution is -0.0449. The van der Waals surface area contributed by atoms with Gasteiger partial charge in [-0.05, 0) is 6.07 Å². The van der Waals surface area contributed by atoms with Crippen molar-refractivity contribution in [2.75, 3.05) is 12.3 Å². The van der Waals surface area contributed by atoms with Crippen molar-refractivity contribution in [3.63, 3.8) is 0 Å². The molecular weight excluding hydrogens is 470 g/mol. The van der Waals surface area contributed by atoms with Gasteiger partial charge in [0.05, 0.1) is 12.7 Å². The van der Waals surface area contributed by atoms with Gasteiger partial charge in [-0.2, -0.15) is 13.6 Å². The molecule has 2 unspecified atom stereocenters. The molecule has 1 aliphatic heterocycles. The van der Waals surface area contributed by atoms with Crippen molar-refractivity contribution in [2.24, 2.45) is 0 Å². The Morgan fingerprint density at radius 3 is 2.38 bits per heavy atom. The normalized spacial score (nSPS) is 26.3. The van der Waals surface area contributed by atoms with Crippen LogP contribution < -0.4 is 11.4 Å². The molecule has 0 radical (unpaired) electrons. The van der Waals surface area contributed by atoms with E-state index in [-0.39, 0.29) is 16.9 Å². The molecule has 0 aromatic carbocycles. The third kappa shape index (κ3) is 7.94. The van der Waals surface area contributed by atoms with Crippen molar-refractivity contribution in [3.05, 3.63) is 22.7 Å². The molecule has 0 spiro atoms. The Morgan fingerprint density at radius 1 is 1.21 bits per heavy atom. The monoisotopic (exact) mass is 487 g/mol. The van der Waals surface area contributed by atoms with Crippen molar-refractivity contribution in [1.29, 1.82) is 0 Å². The minimum absolute atomic E-state index is 0. The smallest absolute Gasteiger partial charge is 0.390 e. The minimum atomic E-state index is -5.65. The number of rotatable bonds is 8. The Morgan fingerprint density at radius 2 is 1.83 bits per heavy atom. The second kappa shape index (κ2) is 9.39. The Labute approximate surface area is 160 Å². The van der Waals surface area contributed by atoms with Crippen molar-refractivity contribution >= 4 is 29.3 Å². The van der Waals surface area contributed by atoms with Crippen LogP contribution in [0.5, 0.6) is 0 Å². The molecule has 1 fully saturated rings. The van der Waals surface area contributed by atoms with Crippen molar-refractivity contribution < 1.29 is 61.0 Å². The molecule has 2 heterocycles. The highest BCUT2D eigenvalue weighted by Crippen LogP contribution is 2.66. The van der Waals surface area contributed by atoms with Crippen LogP contribution in [0.25, 0.3) is 0 Å². The van der Waals surface area contributed by atoms with Gasteiger partial charge < -0.3 is 35.2 Å². The molecule has 20 heteroatoms. The van der Waals surface area contributed by atoms with Crippen molar-refractivity contribution in [1.82, 2.24) is 9.55 Å². The Bertz CT molecular complexity index is 920. The van der Waals surface area contributed by atoms with Gasteiger partial charge in [-0.25, -0.2) is 18.5 Å². The standard InChI is InChI=1S/C9H16N3O13P3.FH/c10-7-1-2-12(9(14)11-7)8-3-5(13)6(23-8)4-22-27(18,19)25-28(20,21)24-26(15,16)17;/h1-2,5-6,8,13H,3-4H2,(H,18,19)(H,20,21)(H2,10,11,14)(H2,15,16,17);1H/t5-,6+,8+;/m0./s1. The van der Waals surface area contributed by atoms with Gasteiger partial charge in [0.25, 0.3) is 0 Å².